The van der Waals surface area contributed by atoms with Crippen LogP contribution < -0.4 is 0 Å². The molecule has 0 bridgehead atoms. The second kappa shape index (κ2) is 8.53. The van der Waals surface area contributed by atoms with Gasteiger partial charge in [0, 0.05) is 12.6 Å². The van der Waals surface area contributed by atoms with E-state index in [0.717, 1.165) is 12.8 Å². The molecule has 1 saturated heterocycles. The van der Waals surface area contributed by atoms with Crippen LogP contribution in [0.4, 0.5) is 0 Å². The Labute approximate surface area is 153 Å². The van der Waals surface area contributed by atoms with Crippen molar-refractivity contribution in [1.29, 1.82) is 0 Å². The van der Waals surface area contributed by atoms with Crippen LogP contribution in [-0.4, -0.2) is 61.0 Å². The van der Waals surface area contributed by atoms with Crippen LogP contribution >= 0.6 is 0 Å². The number of phenolic OH excluding ortho intramolecular Hbond substituents is 1. The molecule has 1 N–H and O–H groups in total. The van der Waals surface area contributed by atoms with Crippen molar-refractivity contribution < 1.29 is 27.9 Å². The monoisotopic (exact) mass is 383 g/mol. The van der Waals surface area contributed by atoms with Gasteiger partial charge in [-0.15, -0.1) is 0 Å². The molecule has 0 spiro atoms. The summed E-state index contributed by atoms with van der Waals surface area (Å²) >= 11 is 0. The first-order valence-corrected chi connectivity index (χ1v) is 10.5. The first-order valence-electron chi connectivity index (χ1n) is 8.70. The van der Waals surface area contributed by atoms with E-state index in [1.807, 2.05) is 6.92 Å². The quantitative estimate of drug-likeness (QED) is 0.719. The molecule has 0 radical (unpaired) electrons. The number of unbranched alkanes of at least 4 members (excludes halogenated alkanes) is 1. The van der Waals surface area contributed by atoms with E-state index in [9.17, 15) is 23.1 Å². The van der Waals surface area contributed by atoms with Crippen LogP contribution in [0.25, 0.3) is 0 Å². The number of amides is 1. The molecule has 1 aliphatic rings. The van der Waals surface area contributed by atoms with Gasteiger partial charge in [0.05, 0.1) is 17.1 Å². The Bertz CT molecular complexity index is 774. The Balaban J connectivity index is 1.99. The third kappa shape index (κ3) is 5.20. The van der Waals surface area contributed by atoms with Gasteiger partial charge in [0.2, 0.25) is 0 Å². The molecular weight excluding hydrogens is 358 g/mol. The van der Waals surface area contributed by atoms with E-state index < -0.39 is 28.3 Å². The van der Waals surface area contributed by atoms with Crippen molar-refractivity contribution in [2.75, 3.05) is 24.7 Å². The van der Waals surface area contributed by atoms with Crippen molar-refractivity contribution in [1.82, 2.24) is 4.90 Å². The molecule has 7 nitrogen and oxygen atoms in total. The lowest BCUT2D eigenvalue weighted by atomic mass is 10.1. The van der Waals surface area contributed by atoms with E-state index in [2.05, 4.69) is 0 Å². The average Bonchev–Trinajstić information content (AvgIpc) is 2.95. The van der Waals surface area contributed by atoms with Gasteiger partial charge in [-0.2, -0.15) is 0 Å². The van der Waals surface area contributed by atoms with Gasteiger partial charge in [-0.25, -0.2) is 13.2 Å². The van der Waals surface area contributed by atoms with Gasteiger partial charge in [-0.3, -0.25) is 4.79 Å². The fourth-order valence-electron chi connectivity index (χ4n) is 2.89. The van der Waals surface area contributed by atoms with Gasteiger partial charge < -0.3 is 14.7 Å². The summed E-state index contributed by atoms with van der Waals surface area (Å²) in [5.41, 5.74) is 0.787. The van der Waals surface area contributed by atoms with Crippen LogP contribution in [-0.2, 0) is 19.4 Å². The zero-order valence-electron chi connectivity index (χ0n) is 15.1. The number of ether oxygens (including phenoxy) is 1. The molecule has 1 aliphatic heterocycles. The summed E-state index contributed by atoms with van der Waals surface area (Å²) in [6.45, 7) is 3.68. The standard InChI is InChI=1S/C18H25NO6S/c1-3-4-8-19(15-7-9-26(23,24)12-15)17(21)11-25-18(22)14-6-5-13(2)16(20)10-14/h5-6,10,15,20H,3-4,7-9,11-12H2,1-2H3. The van der Waals surface area contributed by atoms with Gasteiger partial charge in [0.25, 0.3) is 5.91 Å². The first kappa shape index (κ1) is 20.2. The second-order valence-electron chi connectivity index (χ2n) is 6.57. The van der Waals surface area contributed by atoms with E-state index in [1.165, 1.54) is 17.0 Å². The number of nitrogens with zero attached hydrogens (tertiary/aromatic N) is 1. The van der Waals surface area contributed by atoms with Crippen molar-refractivity contribution in [3.8, 4) is 5.75 Å². The number of benzene rings is 1. The molecule has 1 fully saturated rings. The summed E-state index contributed by atoms with van der Waals surface area (Å²) in [4.78, 5) is 26.1. The number of carbonyl (C=O) groups excluding carboxylic acids is 2. The van der Waals surface area contributed by atoms with Crippen LogP contribution in [0.1, 0.15) is 42.1 Å². The van der Waals surface area contributed by atoms with Crippen LogP contribution in [0.15, 0.2) is 18.2 Å². The van der Waals surface area contributed by atoms with Gasteiger partial charge >= 0.3 is 5.97 Å². The molecule has 1 aromatic carbocycles. The molecule has 144 valence electrons. The first-order chi connectivity index (χ1) is 12.2. The summed E-state index contributed by atoms with van der Waals surface area (Å²) in [6, 6.07) is 4.03. The van der Waals surface area contributed by atoms with E-state index in [1.54, 1.807) is 13.0 Å². The van der Waals surface area contributed by atoms with Crippen molar-refractivity contribution in [3.05, 3.63) is 29.3 Å². The van der Waals surface area contributed by atoms with Gasteiger partial charge in [0.15, 0.2) is 16.4 Å². The van der Waals surface area contributed by atoms with E-state index in [-0.39, 0.29) is 28.9 Å². The molecule has 1 aromatic rings. The maximum absolute atomic E-state index is 12.5. The summed E-state index contributed by atoms with van der Waals surface area (Å²) in [7, 11) is -3.11. The predicted molar refractivity (Wildman–Crippen MR) is 96.8 cm³/mol. The van der Waals surface area contributed by atoms with Crippen molar-refractivity contribution in [2.24, 2.45) is 0 Å². The summed E-state index contributed by atoms with van der Waals surface area (Å²) in [5.74, 6) is -1.09. The minimum Gasteiger partial charge on any atom is -0.508 e. The Morgan fingerprint density at radius 3 is 2.65 bits per heavy atom. The maximum atomic E-state index is 12.5. The molecule has 8 heteroatoms. The smallest absolute Gasteiger partial charge is 0.338 e. The summed E-state index contributed by atoms with van der Waals surface area (Å²) < 4.78 is 28.5. The Morgan fingerprint density at radius 2 is 2.08 bits per heavy atom. The zero-order chi connectivity index (χ0) is 19.3. The Kier molecular flexibility index (Phi) is 6.63. The van der Waals surface area contributed by atoms with Crippen molar-refractivity contribution in [3.63, 3.8) is 0 Å². The minimum atomic E-state index is -3.11. The van der Waals surface area contributed by atoms with Gasteiger partial charge in [0.1, 0.15) is 5.75 Å². The zero-order valence-corrected chi connectivity index (χ0v) is 15.9. The number of rotatable bonds is 7. The SMILES string of the molecule is CCCCN(C(=O)COC(=O)c1ccc(C)c(O)c1)C1CCS(=O)(=O)C1. The molecule has 1 atom stereocenters. The van der Waals surface area contributed by atoms with Crippen LogP contribution in [0.5, 0.6) is 5.75 Å². The number of aryl methyl sites for hydroxylation is 1. The highest BCUT2D eigenvalue weighted by atomic mass is 32.2. The lowest BCUT2D eigenvalue weighted by Gasteiger charge is -2.28. The minimum absolute atomic E-state index is 0.0217. The largest absolute Gasteiger partial charge is 0.508 e. The van der Waals surface area contributed by atoms with Gasteiger partial charge in [-0.05, 0) is 37.5 Å². The Hall–Kier alpha value is -2.09. The second-order valence-corrected chi connectivity index (χ2v) is 8.80. The highest BCUT2D eigenvalue weighted by molar-refractivity contribution is 7.91. The number of carbonyl (C=O) groups is 2. The summed E-state index contributed by atoms with van der Waals surface area (Å²) in [6.07, 6.45) is 2.03. The van der Waals surface area contributed by atoms with Crippen molar-refractivity contribution >= 4 is 21.7 Å². The van der Waals surface area contributed by atoms with E-state index in [0.29, 0.717) is 18.5 Å². The maximum Gasteiger partial charge on any atom is 0.338 e. The van der Waals surface area contributed by atoms with Gasteiger partial charge in [-0.1, -0.05) is 19.4 Å². The highest BCUT2D eigenvalue weighted by Crippen LogP contribution is 2.20. The van der Waals surface area contributed by atoms with Crippen LogP contribution in [0.3, 0.4) is 0 Å². The molecule has 0 aromatic heterocycles. The molecule has 2 rings (SSSR count). The fourth-order valence-corrected chi connectivity index (χ4v) is 4.62. The van der Waals surface area contributed by atoms with Crippen LogP contribution in [0.2, 0.25) is 0 Å². The molecule has 26 heavy (non-hydrogen) atoms. The fraction of sp³-hybridized carbons (Fsp3) is 0.556. The molecule has 1 unspecified atom stereocenters. The van der Waals surface area contributed by atoms with Crippen molar-refractivity contribution in [2.45, 2.75) is 39.2 Å². The molecular formula is C18H25NO6S. The van der Waals surface area contributed by atoms with E-state index >= 15 is 0 Å². The Morgan fingerprint density at radius 1 is 1.35 bits per heavy atom. The molecule has 1 amide bonds. The number of hydrogen-bond donors (Lipinski definition) is 1. The lowest BCUT2D eigenvalue weighted by Crippen LogP contribution is -2.43. The number of hydrogen-bond acceptors (Lipinski definition) is 6. The molecule has 0 saturated carbocycles. The van der Waals surface area contributed by atoms with Crippen LogP contribution in [0, 0.1) is 6.92 Å². The normalized spacial score (nSPS) is 18.5. The lowest BCUT2D eigenvalue weighted by molar-refractivity contribution is -0.136. The number of esters is 1. The predicted octanol–water partition coefficient (Wildman–Crippen LogP) is 1.67. The third-order valence-electron chi connectivity index (χ3n) is 4.49. The number of sulfone groups is 1. The molecule has 0 aliphatic carbocycles. The summed E-state index contributed by atoms with van der Waals surface area (Å²) in [5, 5.41) is 9.66. The average molecular weight is 383 g/mol. The third-order valence-corrected chi connectivity index (χ3v) is 6.24. The number of phenols is 1. The number of aromatic hydroxyl groups is 1. The topological polar surface area (TPSA) is 101 Å². The molecule has 1 heterocycles. The highest BCUT2D eigenvalue weighted by Gasteiger charge is 2.34. The van der Waals surface area contributed by atoms with E-state index in [4.69, 9.17) is 4.74 Å².